The molecule has 0 fully saturated rings. The molecular weight excluding hydrogens is 194 g/mol. The van der Waals surface area contributed by atoms with Crippen LogP contribution in [-0.2, 0) is 0 Å². The van der Waals surface area contributed by atoms with Gasteiger partial charge in [0.25, 0.3) is 0 Å². The average molecular weight is 213 g/mol. The lowest BCUT2D eigenvalue weighted by Gasteiger charge is -2.09. The molecule has 1 unspecified atom stereocenters. The fourth-order valence-corrected chi connectivity index (χ4v) is 1.68. The lowest BCUT2D eigenvalue weighted by molar-refractivity contribution is 0.733. The Morgan fingerprint density at radius 2 is 1.81 bits per heavy atom. The third-order valence-corrected chi connectivity index (χ3v) is 2.99. The first kappa shape index (κ1) is 12.5. The molecule has 1 aromatic rings. The molecule has 0 saturated carbocycles. The highest BCUT2D eigenvalue weighted by molar-refractivity contribution is 5.78. The van der Waals surface area contributed by atoms with E-state index in [9.17, 15) is 0 Å². The summed E-state index contributed by atoms with van der Waals surface area (Å²) >= 11 is 0. The van der Waals surface area contributed by atoms with Crippen LogP contribution in [0, 0.1) is 11.3 Å². The first-order chi connectivity index (χ1) is 7.60. The Kier molecular flexibility index (Phi) is 4.31. The Hall–Kier alpha value is -1.55. The molecule has 0 saturated heterocycles. The number of hydrogen-bond acceptors (Lipinski definition) is 1. The molecule has 0 heterocycles. The fourth-order valence-electron chi connectivity index (χ4n) is 1.68. The van der Waals surface area contributed by atoms with Gasteiger partial charge in [-0.3, -0.25) is 0 Å². The van der Waals surface area contributed by atoms with Crippen LogP contribution in [-0.4, -0.2) is 0 Å². The summed E-state index contributed by atoms with van der Waals surface area (Å²) in [7, 11) is 0. The summed E-state index contributed by atoms with van der Waals surface area (Å²) in [6, 6.07) is 10.6. The number of nitriles is 1. The van der Waals surface area contributed by atoms with Crippen molar-refractivity contribution in [3.8, 4) is 6.07 Å². The molecule has 1 heteroatoms. The number of rotatable bonds is 3. The smallest absolute Gasteiger partial charge is 0.0997 e. The molecule has 0 aliphatic carbocycles. The van der Waals surface area contributed by atoms with E-state index in [0.29, 0.717) is 5.92 Å². The largest absolute Gasteiger partial charge is 0.192 e. The van der Waals surface area contributed by atoms with Crippen molar-refractivity contribution >= 4 is 5.57 Å². The molecule has 0 aliphatic heterocycles. The standard InChI is InChI=1S/C15H19N/c1-5-12(4)13-6-8-14(9-7-13)15(10-16)11(2)3/h6-9,12H,5H2,1-4H3. The normalized spacial score (nSPS) is 11.7. The maximum Gasteiger partial charge on any atom is 0.0997 e. The van der Waals surface area contributed by atoms with Crippen LogP contribution >= 0.6 is 0 Å². The molecule has 1 nitrogen and oxygen atoms in total. The van der Waals surface area contributed by atoms with Crippen LogP contribution in [0.15, 0.2) is 29.8 Å². The van der Waals surface area contributed by atoms with E-state index in [4.69, 9.17) is 5.26 Å². The molecule has 0 amide bonds. The first-order valence-electron chi connectivity index (χ1n) is 5.78. The Bertz CT molecular complexity index is 414. The Labute approximate surface area is 98.4 Å². The van der Waals surface area contributed by atoms with E-state index in [0.717, 1.165) is 23.1 Å². The third kappa shape index (κ3) is 2.73. The van der Waals surface area contributed by atoms with Crippen molar-refractivity contribution in [2.24, 2.45) is 0 Å². The number of hydrogen-bond donors (Lipinski definition) is 0. The van der Waals surface area contributed by atoms with E-state index in [1.54, 1.807) is 0 Å². The second-order valence-electron chi connectivity index (χ2n) is 4.42. The van der Waals surface area contributed by atoms with Gasteiger partial charge in [-0.15, -0.1) is 0 Å². The minimum Gasteiger partial charge on any atom is -0.192 e. The van der Waals surface area contributed by atoms with Gasteiger partial charge in [0.15, 0.2) is 0 Å². The highest BCUT2D eigenvalue weighted by atomic mass is 14.3. The molecule has 0 radical (unpaired) electrons. The van der Waals surface area contributed by atoms with Gasteiger partial charge in [0.2, 0.25) is 0 Å². The fraction of sp³-hybridized carbons (Fsp3) is 0.400. The van der Waals surface area contributed by atoms with Gasteiger partial charge in [-0.1, -0.05) is 43.7 Å². The predicted octanol–water partition coefficient (Wildman–Crippen LogP) is 4.52. The summed E-state index contributed by atoms with van der Waals surface area (Å²) in [5, 5.41) is 9.07. The lowest BCUT2D eigenvalue weighted by atomic mass is 9.95. The summed E-state index contributed by atoms with van der Waals surface area (Å²) in [4.78, 5) is 0. The van der Waals surface area contributed by atoms with Gasteiger partial charge in [0, 0.05) is 0 Å². The summed E-state index contributed by atoms with van der Waals surface area (Å²) in [5.74, 6) is 0.589. The van der Waals surface area contributed by atoms with E-state index in [-0.39, 0.29) is 0 Å². The molecule has 0 aromatic heterocycles. The summed E-state index contributed by atoms with van der Waals surface area (Å²) in [5.41, 5.74) is 4.22. The molecular formula is C15H19N. The Balaban J connectivity index is 3.05. The van der Waals surface area contributed by atoms with E-state index in [1.807, 2.05) is 26.0 Å². The molecule has 1 rings (SSSR count). The van der Waals surface area contributed by atoms with E-state index < -0.39 is 0 Å². The second kappa shape index (κ2) is 5.51. The Morgan fingerprint density at radius 1 is 1.25 bits per heavy atom. The molecule has 0 bridgehead atoms. The van der Waals surface area contributed by atoms with Gasteiger partial charge in [-0.05, 0) is 37.3 Å². The van der Waals surface area contributed by atoms with Crippen molar-refractivity contribution in [1.82, 2.24) is 0 Å². The van der Waals surface area contributed by atoms with Crippen LogP contribution in [0.2, 0.25) is 0 Å². The maximum absolute atomic E-state index is 9.07. The van der Waals surface area contributed by atoms with Crippen LogP contribution in [0.1, 0.15) is 51.2 Å². The quantitative estimate of drug-likeness (QED) is 0.677. The number of nitrogens with zero attached hydrogens (tertiary/aromatic N) is 1. The van der Waals surface area contributed by atoms with E-state index >= 15 is 0 Å². The third-order valence-electron chi connectivity index (χ3n) is 2.99. The topological polar surface area (TPSA) is 23.8 Å². The van der Waals surface area contributed by atoms with Crippen LogP contribution < -0.4 is 0 Å². The highest BCUT2D eigenvalue weighted by Crippen LogP contribution is 2.23. The summed E-state index contributed by atoms with van der Waals surface area (Å²) in [6.45, 7) is 8.36. The molecule has 0 N–H and O–H groups in total. The molecule has 1 aromatic carbocycles. The second-order valence-corrected chi connectivity index (χ2v) is 4.42. The van der Waals surface area contributed by atoms with Gasteiger partial charge in [-0.25, -0.2) is 0 Å². The van der Waals surface area contributed by atoms with Crippen molar-refractivity contribution in [3.63, 3.8) is 0 Å². The van der Waals surface area contributed by atoms with Crippen molar-refractivity contribution in [3.05, 3.63) is 41.0 Å². The van der Waals surface area contributed by atoms with Gasteiger partial charge in [0.1, 0.15) is 0 Å². The zero-order valence-electron chi connectivity index (χ0n) is 10.5. The molecule has 84 valence electrons. The predicted molar refractivity (Wildman–Crippen MR) is 69.0 cm³/mol. The molecule has 0 spiro atoms. The monoisotopic (exact) mass is 213 g/mol. The number of benzene rings is 1. The van der Waals surface area contributed by atoms with E-state index in [2.05, 4.69) is 32.0 Å². The lowest BCUT2D eigenvalue weighted by Crippen LogP contribution is -1.92. The SMILES string of the molecule is CCC(C)c1ccc(C(C#N)=C(C)C)cc1. The highest BCUT2D eigenvalue weighted by Gasteiger charge is 2.05. The first-order valence-corrected chi connectivity index (χ1v) is 5.78. The van der Waals surface area contributed by atoms with Crippen LogP contribution in [0.3, 0.4) is 0 Å². The minimum absolute atomic E-state index is 0.589. The minimum atomic E-state index is 0.589. The van der Waals surface area contributed by atoms with Crippen LogP contribution in [0.25, 0.3) is 5.57 Å². The van der Waals surface area contributed by atoms with Crippen molar-refractivity contribution < 1.29 is 0 Å². The summed E-state index contributed by atoms with van der Waals surface area (Å²) in [6.07, 6.45) is 1.15. The summed E-state index contributed by atoms with van der Waals surface area (Å²) < 4.78 is 0. The zero-order chi connectivity index (χ0) is 12.1. The average Bonchev–Trinajstić information content (AvgIpc) is 2.29. The van der Waals surface area contributed by atoms with Gasteiger partial charge >= 0.3 is 0 Å². The zero-order valence-corrected chi connectivity index (χ0v) is 10.5. The number of allylic oxidation sites excluding steroid dienone is 2. The van der Waals surface area contributed by atoms with Crippen molar-refractivity contribution in [1.29, 1.82) is 5.26 Å². The van der Waals surface area contributed by atoms with Gasteiger partial charge in [0.05, 0.1) is 11.6 Å². The van der Waals surface area contributed by atoms with Crippen LogP contribution in [0.5, 0.6) is 0 Å². The van der Waals surface area contributed by atoms with E-state index in [1.165, 1.54) is 5.56 Å². The van der Waals surface area contributed by atoms with Crippen molar-refractivity contribution in [2.45, 2.75) is 40.0 Å². The van der Waals surface area contributed by atoms with Gasteiger partial charge < -0.3 is 0 Å². The molecule has 16 heavy (non-hydrogen) atoms. The van der Waals surface area contributed by atoms with Gasteiger partial charge in [-0.2, -0.15) is 5.26 Å². The molecule has 0 aliphatic rings. The Morgan fingerprint density at radius 3 is 2.19 bits per heavy atom. The molecule has 1 atom stereocenters. The van der Waals surface area contributed by atoms with Crippen LogP contribution in [0.4, 0.5) is 0 Å². The maximum atomic E-state index is 9.07. The van der Waals surface area contributed by atoms with Crippen molar-refractivity contribution in [2.75, 3.05) is 0 Å².